The van der Waals surface area contributed by atoms with Crippen molar-refractivity contribution in [3.05, 3.63) is 47.0 Å². The van der Waals surface area contributed by atoms with E-state index in [1.165, 1.54) is 0 Å². The Morgan fingerprint density at radius 1 is 1.23 bits per heavy atom. The van der Waals surface area contributed by atoms with Crippen LogP contribution in [0.1, 0.15) is 15.9 Å². The molecule has 22 heavy (non-hydrogen) atoms. The number of piperazine rings is 1. The molecule has 0 saturated carbocycles. The van der Waals surface area contributed by atoms with Crippen LogP contribution in [-0.4, -0.2) is 49.1 Å². The standard InChI is InChI=1S/C16H19N3O2S/c1-21-12-13-2-4-14(5-3-13)15(20)18-7-9-19(10-8-18)16-17-6-11-22-16/h2-6,11H,7-10,12H2,1H3. The zero-order chi connectivity index (χ0) is 15.4. The first-order valence-electron chi connectivity index (χ1n) is 7.29. The molecule has 0 spiro atoms. The second-order valence-corrected chi connectivity index (χ2v) is 6.10. The van der Waals surface area contributed by atoms with Crippen molar-refractivity contribution < 1.29 is 9.53 Å². The summed E-state index contributed by atoms with van der Waals surface area (Å²) in [6, 6.07) is 7.65. The van der Waals surface area contributed by atoms with Gasteiger partial charge in [-0.15, -0.1) is 11.3 Å². The van der Waals surface area contributed by atoms with Crippen LogP contribution >= 0.6 is 11.3 Å². The molecule has 1 aliphatic rings. The minimum atomic E-state index is 0.0998. The minimum Gasteiger partial charge on any atom is -0.380 e. The highest BCUT2D eigenvalue weighted by molar-refractivity contribution is 7.13. The van der Waals surface area contributed by atoms with Gasteiger partial charge in [-0.2, -0.15) is 0 Å². The number of rotatable bonds is 4. The molecule has 116 valence electrons. The van der Waals surface area contributed by atoms with E-state index in [0.29, 0.717) is 6.61 Å². The van der Waals surface area contributed by atoms with Crippen LogP contribution < -0.4 is 4.90 Å². The van der Waals surface area contributed by atoms with Crippen LogP contribution in [0.5, 0.6) is 0 Å². The normalized spacial score (nSPS) is 15.1. The molecule has 2 aromatic rings. The molecule has 6 heteroatoms. The number of carbonyl (C=O) groups is 1. The molecule has 1 aromatic carbocycles. The molecule has 0 atom stereocenters. The Morgan fingerprint density at radius 3 is 2.55 bits per heavy atom. The molecule has 3 rings (SSSR count). The van der Waals surface area contributed by atoms with Crippen LogP contribution in [0.4, 0.5) is 5.13 Å². The fourth-order valence-electron chi connectivity index (χ4n) is 2.57. The molecule has 2 heterocycles. The summed E-state index contributed by atoms with van der Waals surface area (Å²) in [4.78, 5) is 21.0. The van der Waals surface area contributed by atoms with Gasteiger partial charge in [0.1, 0.15) is 0 Å². The summed E-state index contributed by atoms with van der Waals surface area (Å²) in [6.45, 7) is 3.71. The highest BCUT2D eigenvalue weighted by Crippen LogP contribution is 2.19. The molecule has 0 unspecified atom stereocenters. The third-order valence-electron chi connectivity index (χ3n) is 3.77. The second kappa shape index (κ2) is 6.89. The zero-order valence-corrected chi connectivity index (χ0v) is 13.4. The maximum atomic E-state index is 12.5. The number of carbonyl (C=O) groups excluding carboxylic acids is 1. The van der Waals surface area contributed by atoms with Crippen LogP contribution in [0, 0.1) is 0 Å². The maximum Gasteiger partial charge on any atom is 0.253 e. The van der Waals surface area contributed by atoms with Gasteiger partial charge in [0, 0.05) is 50.4 Å². The zero-order valence-electron chi connectivity index (χ0n) is 12.6. The lowest BCUT2D eigenvalue weighted by Gasteiger charge is -2.34. The Morgan fingerprint density at radius 2 is 1.95 bits per heavy atom. The molecule has 0 aliphatic carbocycles. The van der Waals surface area contributed by atoms with Gasteiger partial charge in [-0.1, -0.05) is 12.1 Å². The first kappa shape index (κ1) is 15.0. The average Bonchev–Trinajstić information content (AvgIpc) is 3.10. The lowest BCUT2D eigenvalue weighted by molar-refractivity contribution is 0.0746. The van der Waals surface area contributed by atoms with Crippen molar-refractivity contribution in [2.45, 2.75) is 6.61 Å². The van der Waals surface area contributed by atoms with E-state index < -0.39 is 0 Å². The van der Waals surface area contributed by atoms with E-state index in [2.05, 4.69) is 9.88 Å². The van der Waals surface area contributed by atoms with Crippen molar-refractivity contribution in [2.24, 2.45) is 0 Å². The third kappa shape index (κ3) is 3.28. The summed E-state index contributed by atoms with van der Waals surface area (Å²) in [5.74, 6) is 0.0998. The molecular formula is C16H19N3O2S. The number of benzene rings is 1. The predicted octanol–water partition coefficient (Wildman–Crippen LogP) is 2.25. The van der Waals surface area contributed by atoms with E-state index in [9.17, 15) is 4.79 Å². The highest BCUT2D eigenvalue weighted by atomic mass is 32.1. The van der Waals surface area contributed by atoms with Crippen molar-refractivity contribution in [2.75, 3.05) is 38.2 Å². The Bertz CT molecular complexity index is 605. The monoisotopic (exact) mass is 317 g/mol. The van der Waals surface area contributed by atoms with Crippen molar-refractivity contribution in [3.8, 4) is 0 Å². The third-order valence-corrected chi connectivity index (χ3v) is 4.60. The average molecular weight is 317 g/mol. The topological polar surface area (TPSA) is 45.7 Å². The lowest BCUT2D eigenvalue weighted by Crippen LogP contribution is -2.48. The SMILES string of the molecule is COCc1ccc(C(=O)N2CCN(c3nccs3)CC2)cc1. The van der Waals surface area contributed by atoms with E-state index in [4.69, 9.17) is 4.74 Å². The summed E-state index contributed by atoms with van der Waals surface area (Å²) in [5, 5.41) is 3.02. The number of anilines is 1. The van der Waals surface area contributed by atoms with E-state index in [0.717, 1.165) is 42.4 Å². The second-order valence-electron chi connectivity index (χ2n) is 5.22. The first-order valence-corrected chi connectivity index (χ1v) is 8.17. The van der Waals surface area contributed by atoms with Crippen LogP contribution in [0.15, 0.2) is 35.8 Å². The van der Waals surface area contributed by atoms with Gasteiger partial charge in [0.15, 0.2) is 5.13 Å². The Hall–Kier alpha value is -1.92. The van der Waals surface area contributed by atoms with E-state index in [-0.39, 0.29) is 5.91 Å². The number of methoxy groups -OCH3 is 1. The highest BCUT2D eigenvalue weighted by Gasteiger charge is 2.23. The number of hydrogen-bond donors (Lipinski definition) is 0. The van der Waals surface area contributed by atoms with Crippen LogP contribution in [0.2, 0.25) is 0 Å². The molecule has 0 bridgehead atoms. The number of ether oxygens (including phenoxy) is 1. The minimum absolute atomic E-state index is 0.0998. The molecule has 1 fully saturated rings. The van der Waals surface area contributed by atoms with E-state index in [1.807, 2.05) is 40.7 Å². The van der Waals surface area contributed by atoms with Crippen molar-refractivity contribution in [3.63, 3.8) is 0 Å². The summed E-state index contributed by atoms with van der Waals surface area (Å²) >= 11 is 1.64. The molecule has 0 radical (unpaired) electrons. The van der Waals surface area contributed by atoms with Crippen molar-refractivity contribution in [1.29, 1.82) is 0 Å². The smallest absolute Gasteiger partial charge is 0.253 e. The van der Waals surface area contributed by atoms with Gasteiger partial charge in [-0.05, 0) is 17.7 Å². The van der Waals surface area contributed by atoms with Crippen LogP contribution in [0.3, 0.4) is 0 Å². The largest absolute Gasteiger partial charge is 0.380 e. The van der Waals surface area contributed by atoms with Gasteiger partial charge in [-0.25, -0.2) is 4.98 Å². The number of nitrogens with zero attached hydrogens (tertiary/aromatic N) is 3. The Labute approximate surface area is 134 Å². The molecule has 1 saturated heterocycles. The van der Waals surface area contributed by atoms with Crippen molar-refractivity contribution >= 4 is 22.4 Å². The van der Waals surface area contributed by atoms with Gasteiger partial charge >= 0.3 is 0 Å². The number of aromatic nitrogens is 1. The number of thiazole rings is 1. The number of hydrogen-bond acceptors (Lipinski definition) is 5. The van der Waals surface area contributed by atoms with Gasteiger partial charge in [0.25, 0.3) is 5.91 Å². The fraction of sp³-hybridized carbons (Fsp3) is 0.375. The first-order chi connectivity index (χ1) is 10.8. The fourth-order valence-corrected chi connectivity index (χ4v) is 3.26. The van der Waals surface area contributed by atoms with Gasteiger partial charge in [0.2, 0.25) is 0 Å². The van der Waals surface area contributed by atoms with E-state index >= 15 is 0 Å². The summed E-state index contributed by atoms with van der Waals surface area (Å²) in [5.41, 5.74) is 1.81. The summed E-state index contributed by atoms with van der Waals surface area (Å²) < 4.78 is 5.09. The molecule has 1 aliphatic heterocycles. The van der Waals surface area contributed by atoms with Gasteiger partial charge in [0.05, 0.1) is 6.61 Å². The quantitative estimate of drug-likeness (QED) is 0.868. The Kier molecular flexibility index (Phi) is 4.70. The maximum absolute atomic E-state index is 12.5. The molecule has 0 N–H and O–H groups in total. The molecular weight excluding hydrogens is 298 g/mol. The van der Waals surface area contributed by atoms with E-state index in [1.54, 1.807) is 18.4 Å². The van der Waals surface area contributed by atoms with Crippen molar-refractivity contribution in [1.82, 2.24) is 9.88 Å². The lowest BCUT2D eigenvalue weighted by atomic mass is 10.1. The van der Waals surface area contributed by atoms with Gasteiger partial charge < -0.3 is 14.5 Å². The van der Waals surface area contributed by atoms with Gasteiger partial charge in [-0.3, -0.25) is 4.79 Å². The predicted molar refractivity (Wildman–Crippen MR) is 87.4 cm³/mol. The van der Waals surface area contributed by atoms with Crippen LogP contribution in [-0.2, 0) is 11.3 Å². The molecule has 1 aromatic heterocycles. The Balaban J connectivity index is 1.59. The molecule has 1 amide bonds. The molecule has 5 nitrogen and oxygen atoms in total. The summed E-state index contributed by atoms with van der Waals surface area (Å²) in [7, 11) is 1.67. The summed E-state index contributed by atoms with van der Waals surface area (Å²) in [6.07, 6.45) is 1.82. The number of amides is 1. The van der Waals surface area contributed by atoms with Crippen LogP contribution in [0.25, 0.3) is 0 Å².